The van der Waals surface area contributed by atoms with Crippen molar-refractivity contribution in [2.75, 3.05) is 12.4 Å². The molecule has 7 heteroatoms. The first-order chi connectivity index (χ1) is 14.0. The SMILES string of the molecule is COc1ccc(C(C)NC(=O)NCc2cccc(NC(=O)C3CCC3)c2)cc1F. The first-order valence-corrected chi connectivity index (χ1v) is 9.74. The average Bonchev–Trinajstić information content (AvgIpc) is 2.65. The smallest absolute Gasteiger partial charge is 0.315 e. The normalized spacial score (nSPS) is 14.4. The minimum atomic E-state index is -0.472. The predicted molar refractivity (Wildman–Crippen MR) is 109 cm³/mol. The second-order valence-corrected chi connectivity index (χ2v) is 7.26. The number of rotatable bonds is 7. The lowest BCUT2D eigenvalue weighted by molar-refractivity contribution is -0.122. The molecular formula is C22H26FN3O3. The van der Waals surface area contributed by atoms with Gasteiger partial charge in [0.05, 0.1) is 13.2 Å². The molecule has 1 aliphatic rings. The minimum absolute atomic E-state index is 0.0552. The van der Waals surface area contributed by atoms with Gasteiger partial charge in [-0.2, -0.15) is 0 Å². The number of halogens is 1. The molecule has 0 aliphatic heterocycles. The van der Waals surface area contributed by atoms with Crippen LogP contribution in [0.2, 0.25) is 0 Å². The molecule has 2 aromatic rings. The Labute approximate surface area is 169 Å². The Hall–Kier alpha value is -3.09. The summed E-state index contributed by atoms with van der Waals surface area (Å²) in [7, 11) is 1.40. The van der Waals surface area contributed by atoms with E-state index in [1.165, 1.54) is 19.2 Å². The highest BCUT2D eigenvalue weighted by atomic mass is 19.1. The summed E-state index contributed by atoms with van der Waals surface area (Å²) in [5.41, 5.74) is 2.23. The molecule has 1 atom stereocenters. The van der Waals surface area contributed by atoms with E-state index in [0.717, 1.165) is 30.5 Å². The molecule has 154 valence electrons. The molecule has 29 heavy (non-hydrogen) atoms. The van der Waals surface area contributed by atoms with Crippen LogP contribution in [0.3, 0.4) is 0 Å². The van der Waals surface area contributed by atoms with Gasteiger partial charge >= 0.3 is 6.03 Å². The highest BCUT2D eigenvalue weighted by Crippen LogP contribution is 2.27. The zero-order valence-corrected chi connectivity index (χ0v) is 16.6. The summed E-state index contributed by atoms with van der Waals surface area (Å²) in [6.07, 6.45) is 3.01. The molecule has 3 N–H and O–H groups in total. The van der Waals surface area contributed by atoms with E-state index in [-0.39, 0.29) is 29.6 Å². The number of amides is 3. The number of ether oxygens (including phenoxy) is 1. The molecule has 0 aromatic heterocycles. The van der Waals surface area contributed by atoms with E-state index in [4.69, 9.17) is 4.74 Å². The second-order valence-electron chi connectivity index (χ2n) is 7.26. The third-order valence-corrected chi connectivity index (χ3v) is 5.15. The van der Waals surface area contributed by atoms with Crippen molar-refractivity contribution in [3.8, 4) is 5.75 Å². The van der Waals surface area contributed by atoms with Crippen molar-refractivity contribution in [2.45, 2.75) is 38.8 Å². The third-order valence-electron chi connectivity index (χ3n) is 5.15. The number of hydrogen-bond donors (Lipinski definition) is 3. The van der Waals surface area contributed by atoms with Crippen LogP contribution in [0.5, 0.6) is 5.75 Å². The summed E-state index contributed by atoms with van der Waals surface area (Å²) in [4.78, 5) is 24.3. The summed E-state index contributed by atoms with van der Waals surface area (Å²) >= 11 is 0. The lowest BCUT2D eigenvalue weighted by Gasteiger charge is -2.24. The first-order valence-electron chi connectivity index (χ1n) is 9.74. The molecule has 2 aromatic carbocycles. The maximum Gasteiger partial charge on any atom is 0.315 e. The van der Waals surface area contributed by atoms with Gasteiger partial charge in [-0.3, -0.25) is 4.79 Å². The van der Waals surface area contributed by atoms with Crippen LogP contribution in [0.25, 0.3) is 0 Å². The van der Waals surface area contributed by atoms with E-state index >= 15 is 0 Å². The third kappa shape index (κ3) is 5.47. The Balaban J connectivity index is 1.50. The van der Waals surface area contributed by atoms with Gasteiger partial charge in [-0.15, -0.1) is 0 Å². The largest absolute Gasteiger partial charge is 0.494 e. The number of carbonyl (C=O) groups excluding carboxylic acids is 2. The van der Waals surface area contributed by atoms with Crippen LogP contribution in [0.4, 0.5) is 14.9 Å². The number of hydrogen-bond acceptors (Lipinski definition) is 3. The zero-order valence-electron chi connectivity index (χ0n) is 16.6. The Morgan fingerprint density at radius 3 is 2.66 bits per heavy atom. The molecule has 0 saturated heterocycles. The summed E-state index contributed by atoms with van der Waals surface area (Å²) < 4.78 is 18.7. The van der Waals surface area contributed by atoms with E-state index in [0.29, 0.717) is 12.1 Å². The Morgan fingerprint density at radius 2 is 2.00 bits per heavy atom. The Bertz CT molecular complexity index is 883. The standard InChI is InChI=1S/C22H26FN3O3/c1-14(17-9-10-20(29-2)19(23)12-17)25-22(28)24-13-15-5-3-8-18(11-15)26-21(27)16-6-4-7-16/h3,5,8-12,14,16H,4,6-7,13H2,1-2H3,(H,26,27)(H2,24,25,28). The molecule has 6 nitrogen and oxygen atoms in total. The fourth-order valence-corrected chi connectivity index (χ4v) is 3.14. The molecule has 3 rings (SSSR count). The summed E-state index contributed by atoms with van der Waals surface area (Å²) in [5, 5.41) is 8.49. The zero-order chi connectivity index (χ0) is 20.8. The molecule has 1 fully saturated rings. The Kier molecular flexibility index (Phi) is 6.69. The molecular weight excluding hydrogens is 373 g/mol. The fraction of sp³-hybridized carbons (Fsp3) is 0.364. The number of urea groups is 1. The first kappa shape index (κ1) is 20.6. The van der Waals surface area contributed by atoms with Crippen molar-refractivity contribution in [3.05, 3.63) is 59.4 Å². The van der Waals surface area contributed by atoms with Gasteiger partial charge in [0, 0.05) is 18.2 Å². The van der Waals surface area contributed by atoms with Crippen molar-refractivity contribution >= 4 is 17.6 Å². The molecule has 1 aliphatic carbocycles. The van der Waals surface area contributed by atoms with E-state index in [1.54, 1.807) is 13.0 Å². The highest BCUT2D eigenvalue weighted by Gasteiger charge is 2.25. The van der Waals surface area contributed by atoms with Gasteiger partial charge in [-0.25, -0.2) is 9.18 Å². The van der Waals surface area contributed by atoms with Gasteiger partial charge < -0.3 is 20.7 Å². The van der Waals surface area contributed by atoms with Crippen LogP contribution in [0, 0.1) is 11.7 Å². The number of nitrogens with one attached hydrogen (secondary N) is 3. The molecule has 0 bridgehead atoms. The lowest BCUT2D eigenvalue weighted by atomic mass is 9.85. The molecule has 0 spiro atoms. The van der Waals surface area contributed by atoms with Gasteiger partial charge in [0.1, 0.15) is 0 Å². The molecule has 0 radical (unpaired) electrons. The van der Waals surface area contributed by atoms with Crippen LogP contribution in [-0.4, -0.2) is 19.0 Å². The van der Waals surface area contributed by atoms with Crippen LogP contribution >= 0.6 is 0 Å². The van der Waals surface area contributed by atoms with Crippen molar-refractivity contribution in [1.29, 1.82) is 0 Å². The lowest BCUT2D eigenvalue weighted by Crippen LogP contribution is -2.36. The van der Waals surface area contributed by atoms with Gasteiger partial charge in [0.2, 0.25) is 5.91 Å². The van der Waals surface area contributed by atoms with Crippen molar-refractivity contribution in [3.63, 3.8) is 0 Å². The quantitative estimate of drug-likeness (QED) is 0.655. The minimum Gasteiger partial charge on any atom is -0.494 e. The van der Waals surface area contributed by atoms with E-state index < -0.39 is 5.82 Å². The van der Waals surface area contributed by atoms with Crippen molar-refractivity contribution in [2.24, 2.45) is 5.92 Å². The monoisotopic (exact) mass is 399 g/mol. The molecule has 0 heterocycles. The molecule has 1 unspecified atom stereocenters. The Morgan fingerprint density at radius 1 is 1.21 bits per heavy atom. The topological polar surface area (TPSA) is 79.5 Å². The summed E-state index contributed by atoms with van der Waals surface area (Å²) in [6.45, 7) is 2.08. The number of anilines is 1. The van der Waals surface area contributed by atoms with E-state index in [9.17, 15) is 14.0 Å². The maximum absolute atomic E-state index is 13.8. The number of methoxy groups -OCH3 is 1. The van der Waals surface area contributed by atoms with Crippen LogP contribution in [0.15, 0.2) is 42.5 Å². The fourth-order valence-electron chi connectivity index (χ4n) is 3.14. The van der Waals surface area contributed by atoms with Gasteiger partial charge in [-0.1, -0.05) is 24.6 Å². The van der Waals surface area contributed by atoms with Crippen LogP contribution < -0.4 is 20.7 Å². The second kappa shape index (κ2) is 9.41. The van der Waals surface area contributed by atoms with E-state index in [1.807, 2.05) is 24.3 Å². The van der Waals surface area contributed by atoms with Crippen LogP contribution in [-0.2, 0) is 11.3 Å². The molecule has 1 saturated carbocycles. The van der Waals surface area contributed by atoms with Crippen molar-refractivity contribution < 1.29 is 18.7 Å². The van der Waals surface area contributed by atoms with Crippen molar-refractivity contribution in [1.82, 2.24) is 10.6 Å². The maximum atomic E-state index is 13.8. The summed E-state index contributed by atoms with van der Waals surface area (Å²) in [6, 6.07) is 11.2. The number of benzene rings is 2. The van der Waals surface area contributed by atoms with Gasteiger partial charge in [-0.05, 0) is 55.2 Å². The highest BCUT2D eigenvalue weighted by molar-refractivity contribution is 5.93. The van der Waals surface area contributed by atoms with E-state index in [2.05, 4.69) is 16.0 Å². The average molecular weight is 399 g/mol. The van der Waals surface area contributed by atoms with Gasteiger partial charge in [0.25, 0.3) is 0 Å². The number of carbonyl (C=O) groups is 2. The molecule has 3 amide bonds. The predicted octanol–water partition coefficient (Wildman–Crippen LogP) is 4.13. The summed E-state index contributed by atoms with van der Waals surface area (Å²) in [5.74, 6) is -0.138. The van der Waals surface area contributed by atoms with Crippen LogP contribution in [0.1, 0.15) is 43.4 Å². The van der Waals surface area contributed by atoms with Gasteiger partial charge in [0.15, 0.2) is 11.6 Å².